The minimum Gasteiger partial charge on any atom is -0.340 e. The maximum atomic E-state index is 13.7. The zero-order valence-corrected chi connectivity index (χ0v) is 11.0. The molecule has 0 amide bonds. The van der Waals surface area contributed by atoms with Crippen molar-refractivity contribution in [2.24, 2.45) is 7.05 Å². The van der Waals surface area contributed by atoms with Crippen molar-refractivity contribution in [3.8, 4) is 0 Å². The van der Waals surface area contributed by atoms with Crippen LogP contribution >= 0.6 is 0 Å². The molecule has 0 saturated carbocycles. The Morgan fingerprint density at radius 2 is 2.16 bits per heavy atom. The van der Waals surface area contributed by atoms with E-state index in [1.807, 2.05) is 24.7 Å². The molecule has 0 aliphatic heterocycles. The number of hydrogen-bond donors (Lipinski definition) is 1. The zero-order valence-electron chi connectivity index (χ0n) is 11.0. The smallest absolute Gasteiger partial charge is 0.126 e. The van der Waals surface area contributed by atoms with Gasteiger partial charge in [-0.15, -0.1) is 0 Å². The van der Waals surface area contributed by atoms with E-state index < -0.39 is 5.82 Å². The highest BCUT2D eigenvalue weighted by Gasteiger charge is 2.16. The first-order chi connectivity index (χ1) is 9.10. The van der Waals surface area contributed by atoms with E-state index in [9.17, 15) is 8.78 Å². The zero-order chi connectivity index (χ0) is 13.8. The topological polar surface area (TPSA) is 29.9 Å². The first-order valence-corrected chi connectivity index (χ1v) is 6.25. The summed E-state index contributed by atoms with van der Waals surface area (Å²) in [6.07, 6.45) is 3.95. The highest BCUT2D eigenvalue weighted by Crippen LogP contribution is 2.19. The molecular formula is C14H17F2N3. The van der Waals surface area contributed by atoms with E-state index in [0.29, 0.717) is 12.0 Å². The van der Waals surface area contributed by atoms with E-state index in [4.69, 9.17) is 0 Å². The molecule has 0 saturated heterocycles. The van der Waals surface area contributed by atoms with Crippen LogP contribution in [0.5, 0.6) is 0 Å². The second kappa shape index (κ2) is 5.93. The van der Waals surface area contributed by atoms with Gasteiger partial charge in [-0.2, -0.15) is 0 Å². The molecule has 1 aromatic heterocycles. The van der Waals surface area contributed by atoms with Gasteiger partial charge in [0.15, 0.2) is 0 Å². The van der Waals surface area contributed by atoms with Gasteiger partial charge in [0.25, 0.3) is 0 Å². The first-order valence-electron chi connectivity index (χ1n) is 6.25. The van der Waals surface area contributed by atoms with Crippen molar-refractivity contribution >= 4 is 0 Å². The molecule has 0 spiro atoms. The van der Waals surface area contributed by atoms with E-state index in [1.165, 1.54) is 6.07 Å². The van der Waals surface area contributed by atoms with Crippen LogP contribution in [0.1, 0.15) is 24.2 Å². The van der Waals surface area contributed by atoms with E-state index in [0.717, 1.165) is 24.4 Å². The van der Waals surface area contributed by atoms with Gasteiger partial charge in [-0.1, -0.05) is 6.92 Å². The van der Waals surface area contributed by atoms with Gasteiger partial charge in [0, 0.05) is 13.2 Å². The Bertz CT molecular complexity index is 551. The number of aryl methyl sites for hydroxylation is 1. The van der Waals surface area contributed by atoms with E-state index in [1.54, 1.807) is 6.33 Å². The number of nitrogens with zero attached hydrogens (tertiary/aromatic N) is 2. The van der Waals surface area contributed by atoms with E-state index >= 15 is 0 Å². The fraction of sp³-hybridized carbons (Fsp3) is 0.357. The van der Waals surface area contributed by atoms with Crippen LogP contribution < -0.4 is 5.32 Å². The van der Waals surface area contributed by atoms with Gasteiger partial charge in [0.1, 0.15) is 11.6 Å². The Kier molecular flexibility index (Phi) is 4.27. The minimum absolute atomic E-state index is 0.123. The van der Waals surface area contributed by atoms with Crippen molar-refractivity contribution < 1.29 is 8.78 Å². The quantitative estimate of drug-likeness (QED) is 0.900. The maximum absolute atomic E-state index is 13.7. The van der Waals surface area contributed by atoms with Crippen molar-refractivity contribution in [3.63, 3.8) is 0 Å². The maximum Gasteiger partial charge on any atom is 0.126 e. The molecule has 102 valence electrons. The fourth-order valence-electron chi connectivity index (χ4n) is 2.06. The van der Waals surface area contributed by atoms with Crippen molar-refractivity contribution in [2.75, 3.05) is 6.54 Å². The summed E-state index contributed by atoms with van der Waals surface area (Å²) in [6, 6.07) is 3.40. The van der Waals surface area contributed by atoms with Crippen LogP contribution in [-0.4, -0.2) is 16.1 Å². The van der Waals surface area contributed by atoms with Crippen LogP contribution in [0.3, 0.4) is 0 Å². The van der Waals surface area contributed by atoms with Gasteiger partial charge in [-0.25, -0.2) is 13.8 Å². The van der Waals surface area contributed by atoms with Gasteiger partial charge < -0.3 is 9.88 Å². The third-order valence-corrected chi connectivity index (χ3v) is 2.96. The normalized spacial score (nSPS) is 12.6. The molecule has 1 N–H and O–H groups in total. The lowest BCUT2D eigenvalue weighted by molar-refractivity contribution is 0.514. The van der Waals surface area contributed by atoms with Crippen LogP contribution in [0.25, 0.3) is 0 Å². The van der Waals surface area contributed by atoms with Gasteiger partial charge in [0.2, 0.25) is 0 Å². The summed E-state index contributed by atoms with van der Waals surface area (Å²) in [4.78, 5) is 4.27. The molecule has 0 bridgehead atoms. The lowest BCUT2D eigenvalue weighted by Gasteiger charge is -2.16. The lowest BCUT2D eigenvalue weighted by Crippen LogP contribution is -2.23. The average molecular weight is 265 g/mol. The molecule has 3 nitrogen and oxygen atoms in total. The van der Waals surface area contributed by atoms with Crippen molar-refractivity contribution in [3.05, 3.63) is 53.6 Å². The number of likely N-dealkylation sites (N-methyl/N-ethyl adjacent to an activating group) is 1. The number of halogens is 2. The van der Waals surface area contributed by atoms with Crippen molar-refractivity contribution in [1.82, 2.24) is 14.9 Å². The van der Waals surface area contributed by atoms with E-state index in [-0.39, 0.29) is 11.9 Å². The molecule has 2 aromatic rings. The molecule has 0 fully saturated rings. The van der Waals surface area contributed by atoms with Crippen molar-refractivity contribution in [1.29, 1.82) is 0 Å². The second-order valence-corrected chi connectivity index (χ2v) is 4.51. The highest BCUT2D eigenvalue weighted by atomic mass is 19.1. The third-order valence-electron chi connectivity index (χ3n) is 2.96. The standard InChI is InChI=1S/C14H17F2N3/c1-3-17-13(14-8-19(2)9-18-14)7-10-6-11(15)4-5-12(10)16/h4-6,8-9,13,17H,3,7H2,1-2H3. The summed E-state index contributed by atoms with van der Waals surface area (Å²) >= 11 is 0. The van der Waals surface area contributed by atoms with Crippen LogP contribution in [-0.2, 0) is 13.5 Å². The molecule has 1 heterocycles. The predicted octanol–water partition coefficient (Wildman–Crippen LogP) is 2.59. The molecular weight excluding hydrogens is 248 g/mol. The van der Waals surface area contributed by atoms with Crippen LogP contribution in [0.15, 0.2) is 30.7 Å². The number of rotatable bonds is 5. The Labute approximate surface area is 111 Å². The Hall–Kier alpha value is -1.75. The number of aromatic nitrogens is 2. The summed E-state index contributed by atoms with van der Waals surface area (Å²) < 4.78 is 28.7. The van der Waals surface area contributed by atoms with E-state index in [2.05, 4.69) is 10.3 Å². The van der Waals surface area contributed by atoms with Gasteiger partial charge >= 0.3 is 0 Å². The number of hydrogen-bond acceptors (Lipinski definition) is 2. The summed E-state index contributed by atoms with van der Waals surface area (Å²) in [5.74, 6) is -0.812. The van der Waals surface area contributed by atoms with Crippen LogP contribution in [0.2, 0.25) is 0 Å². The summed E-state index contributed by atoms with van der Waals surface area (Å²) in [5.41, 5.74) is 1.18. The third kappa shape index (κ3) is 3.38. The summed E-state index contributed by atoms with van der Waals surface area (Å²) in [7, 11) is 1.88. The largest absolute Gasteiger partial charge is 0.340 e. The average Bonchev–Trinajstić information content (AvgIpc) is 2.80. The Morgan fingerprint density at radius 1 is 1.37 bits per heavy atom. The Morgan fingerprint density at radius 3 is 2.79 bits per heavy atom. The molecule has 1 atom stereocenters. The van der Waals surface area contributed by atoms with Gasteiger partial charge in [-0.05, 0) is 36.7 Å². The first kappa shape index (κ1) is 13.7. The number of benzene rings is 1. The molecule has 19 heavy (non-hydrogen) atoms. The number of nitrogens with one attached hydrogen (secondary N) is 1. The molecule has 2 rings (SSSR count). The monoisotopic (exact) mass is 265 g/mol. The Balaban J connectivity index is 2.23. The minimum atomic E-state index is -0.423. The summed E-state index contributed by atoms with van der Waals surface area (Å²) in [6.45, 7) is 2.70. The molecule has 0 aliphatic carbocycles. The second-order valence-electron chi connectivity index (χ2n) is 4.51. The number of imidazole rings is 1. The predicted molar refractivity (Wildman–Crippen MR) is 69.7 cm³/mol. The molecule has 0 radical (unpaired) electrons. The lowest BCUT2D eigenvalue weighted by atomic mass is 10.0. The van der Waals surface area contributed by atoms with Crippen LogP contribution in [0.4, 0.5) is 8.78 Å². The highest BCUT2D eigenvalue weighted by molar-refractivity contribution is 5.21. The summed E-state index contributed by atoms with van der Waals surface area (Å²) in [5, 5.41) is 3.24. The van der Waals surface area contributed by atoms with Crippen LogP contribution in [0, 0.1) is 11.6 Å². The SMILES string of the molecule is CCNC(Cc1cc(F)ccc1F)c1cn(C)cn1. The fourth-order valence-corrected chi connectivity index (χ4v) is 2.06. The van der Waals surface area contributed by atoms with Crippen molar-refractivity contribution in [2.45, 2.75) is 19.4 Å². The molecule has 0 aliphatic rings. The molecule has 1 unspecified atom stereocenters. The molecule has 5 heteroatoms. The van der Waals surface area contributed by atoms with Gasteiger partial charge in [0.05, 0.1) is 18.1 Å². The molecule has 1 aromatic carbocycles. The van der Waals surface area contributed by atoms with Gasteiger partial charge in [-0.3, -0.25) is 0 Å².